The van der Waals surface area contributed by atoms with Crippen LogP contribution in [0.25, 0.3) is 11.3 Å². The zero-order chi connectivity index (χ0) is 17.2. The summed E-state index contributed by atoms with van der Waals surface area (Å²) < 4.78 is 13.0. The predicted octanol–water partition coefficient (Wildman–Crippen LogP) is 3.42. The van der Waals surface area contributed by atoms with E-state index in [-0.39, 0.29) is 11.7 Å². The first kappa shape index (κ1) is 15.5. The Labute approximate surface area is 144 Å². The summed E-state index contributed by atoms with van der Waals surface area (Å²) in [7, 11) is 0. The molecule has 2 aromatic heterocycles. The number of amides is 1. The summed E-state index contributed by atoms with van der Waals surface area (Å²) in [6.45, 7) is 0.414. The van der Waals surface area contributed by atoms with Gasteiger partial charge in [-0.3, -0.25) is 14.9 Å². The van der Waals surface area contributed by atoms with Gasteiger partial charge in [0.05, 0.1) is 5.69 Å². The summed E-state index contributed by atoms with van der Waals surface area (Å²) in [6.07, 6.45) is 6.10. The minimum Gasteiger partial charge on any atom is -0.347 e. The standard InChI is InChI=1S/C19H17FN4O/c20-16-5-3-14(4-6-16)17-8-18(24-23-17)19(25)22-10-12-7-15(11-21-9-12)13-1-2-13/h3-9,11,13H,1-2,10H2,(H,22,25)(H,23,24). The molecule has 1 fully saturated rings. The molecule has 1 amide bonds. The van der Waals surface area contributed by atoms with Crippen LogP contribution in [0.15, 0.2) is 48.8 Å². The average molecular weight is 336 g/mol. The van der Waals surface area contributed by atoms with Crippen LogP contribution in [0, 0.1) is 5.82 Å². The number of hydrogen-bond acceptors (Lipinski definition) is 3. The Balaban J connectivity index is 1.41. The van der Waals surface area contributed by atoms with Crippen molar-refractivity contribution in [2.24, 2.45) is 0 Å². The maximum Gasteiger partial charge on any atom is 0.269 e. The van der Waals surface area contributed by atoms with Gasteiger partial charge in [0.1, 0.15) is 11.5 Å². The molecule has 1 aromatic carbocycles. The highest BCUT2D eigenvalue weighted by Crippen LogP contribution is 2.39. The van der Waals surface area contributed by atoms with E-state index in [0.717, 1.165) is 11.1 Å². The number of carbonyl (C=O) groups excluding carboxylic acids is 1. The van der Waals surface area contributed by atoms with Crippen molar-refractivity contribution in [2.45, 2.75) is 25.3 Å². The molecule has 1 saturated carbocycles. The van der Waals surface area contributed by atoms with Gasteiger partial charge >= 0.3 is 0 Å². The van der Waals surface area contributed by atoms with E-state index in [9.17, 15) is 9.18 Å². The van der Waals surface area contributed by atoms with Gasteiger partial charge in [-0.1, -0.05) is 6.07 Å². The summed E-state index contributed by atoms with van der Waals surface area (Å²) >= 11 is 0. The molecule has 1 aliphatic carbocycles. The topological polar surface area (TPSA) is 70.7 Å². The number of pyridine rings is 1. The molecular formula is C19H17FN4O. The molecule has 0 radical (unpaired) electrons. The van der Waals surface area contributed by atoms with Crippen molar-refractivity contribution in [3.05, 3.63) is 71.4 Å². The second-order valence-electron chi connectivity index (χ2n) is 6.26. The van der Waals surface area contributed by atoms with Crippen LogP contribution in [0.4, 0.5) is 4.39 Å². The Hall–Kier alpha value is -3.02. The van der Waals surface area contributed by atoms with Gasteiger partial charge in [-0.15, -0.1) is 0 Å². The first-order chi connectivity index (χ1) is 12.2. The number of halogens is 1. The molecule has 4 rings (SSSR count). The van der Waals surface area contributed by atoms with Crippen molar-refractivity contribution in [3.63, 3.8) is 0 Å². The van der Waals surface area contributed by atoms with Crippen LogP contribution in [-0.4, -0.2) is 21.1 Å². The second-order valence-corrected chi connectivity index (χ2v) is 6.26. The number of benzene rings is 1. The number of H-pyrrole nitrogens is 1. The van der Waals surface area contributed by atoms with Crippen LogP contribution in [0.5, 0.6) is 0 Å². The lowest BCUT2D eigenvalue weighted by Gasteiger charge is -2.05. The fraction of sp³-hybridized carbons (Fsp3) is 0.211. The quantitative estimate of drug-likeness (QED) is 0.750. The molecule has 3 aromatic rings. The van der Waals surface area contributed by atoms with Crippen LogP contribution in [-0.2, 0) is 6.54 Å². The lowest BCUT2D eigenvalue weighted by atomic mass is 10.1. The molecule has 0 spiro atoms. The largest absolute Gasteiger partial charge is 0.347 e. The number of aromatic amines is 1. The first-order valence-electron chi connectivity index (χ1n) is 8.22. The van der Waals surface area contributed by atoms with E-state index in [1.54, 1.807) is 24.4 Å². The third kappa shape index (κ3) is 3.57. The van der Waals surface area contributed by atoms with E-state index >= 15 is 0 Å². The zero-order valence-corrected chi connectivity index (χ0v) is 13.5. The van der Waals surface area contributed by atoms with Gasteiger partial charge in [-0.25, -0.2) is 4.39 Å². The predicted molar refractivity (Wildman–Crippen MR) is 91.4 cm³/mol. The maximum atomic E-state index is 13.0. The van der Waals surface area contributed by atoms with Crippen molar-refractivity contribution in [1.29, 1.82) is 0 Å². The number of nitrogens with one attached hydrogen (secondary N) is 2. The van der Waals surface area contributed by atoms with E-state index in [4.69, 9.17) is 0 Å². The lowest BCUT2D eigenvalue weighted by Crippen LogP contribution is -2.23. The van der Waals surface area contributed by atoms with Crippen molar-refractivity contribution < 1.29 is 9.18 Å². The summed E-state index contributed by atoms with van der Waals surface area (Å²) in [5.74, 6) is 0.0889. The van der Waals surface area contributed by atoms with Crippen LogP contribution in [0.2, 0.25) is 0 Å². The van der Waals surface area contributed by atoms with Crippen molar-refractivity contribution in [1.82, 2.24) is 20.5 Å². The molecule has 0 bridgehead atoms. The first-order valence-corrected chi connectivity index (χ1v) is 8.22. The Morgan fingerprint density at radius 1 is 1.20 bits per heavy atom. The van der Waals surface area contributed by atoms with E-state index in [1.165, 1.54) is 30.5 Å². The highest BCUT2D eigenvalue weighted by atomic mass is 19.1. The van der Waals surface area contributed by atoms with Crippen LogP contribution in [0.3, 0.4) is 0 Å². The molecule has 0 atom stereocenters. The van der Waals surface area contributed by atoms with Gasteiger partial charge in [0, 0.05) is 24.5 Å². The van der Waals surface area contributed by atoms with E-state index in [0.29, 0.717) is 23.9 Å². The molecular weight excluding hydrogens is 319 g/mol. The molecule has 0 aliphatic heterocycles. The fourth-order valence-corrected chi connectivity index (χ4v) is 2.73. The molecule has 1 aliphatic rings. The second kappa shape index (κ2) is 6.47. The Bertz CT molecular complexity index is 900. The Morgan fingerprint density at radius 2 is 2.00 bits per heavy atom. The van der Waals surface area contributed by atoms with Gasteiger partial charge in [0.15, 0.2) is 0 Å². The molecule has 25 heavy (non-hydrogen) atoms. The Morgan fingerprint density at radius 3 is 2.76 bits per heavy atom. The number of rotatable bonds is 5. The molecule has 6 heteroatoms. The van der Waals surface area contributed by atoms with Crippen molar-refractivity contribution >= 4 is 5.91 Å². The molecule has 0 saturated heterocycles. The van der Waals surface area contributed by atoms with Gasteiger partial charge in [0.2, 0.25) is 0 Å². The smallest absolute Gasteiger partial charge is 0.269 e. The SMILES string of the molecule is O=C(NCc1cncc(C2CC2)c1)c1cc(-c2ccc(F)cc2)n[nH]1. The lowest BCUT2D eigenvalue weighted by molar-refractivity contribution is 0.0946. The molecule has 0 unspecified atom stereocenters. The van der Waals surface area contributed by atoms with Crippen LogP contribution in [0.1, 0.15) is 40.4 Å². The normalized spacial score (nSPS) is 13.6. The third-order valence-corrected chi connectivity index (χ3v) is 4.28. The van der Waals surface area contributed by atoms with Gasteiger partial charge in [0.25, 0.3) is 5.91 Å². The number of hydrogen-bond donors (Lipinski definition) is 2. The van der Waals surface area contributed by atoms with E-state index in [1.807, 2.05) is 6.20 Å². The monoisotopic (exact) mass is 336 g/mol. The van der Waals surface area contributed by atoms with Gasteiger partial charge < -0.3 is 5.32 Å². The molecule has 2 N–H and O–H groups in total. The fourth-order valence-electron chi connectivity index (χ4n) is 2.73. The third-order valence-electron chi connectivity index (χ3n) is 4.28. The average Bonchev–Trinajstić information content (AvgIpc) is 3.38. The van der Waals surface area contributed by atoms with Crippen LogP contribution >= 0.6 is 0 Å². The summed E-state index contributed by atoms with van der Waals surface area (Å²) in [5.41, 5.74) is 3.94. The number of carbonyl (C=O) groups is 1. The Kier molecular flexibility index (Phi) is 4.01. The molecule has 5 nitrogen and oxygen atoms in total. The molecule has 126 valence electrons. The summed E-state index contributed by atoms with van der Waals surface area (Å²) in [4.78, 5) is 16.5. The van der Waals surface area contributed by atoms with Crippen molar-refractivity contribution in [2.75, 3.05) is 0 Å². The zero-order valence-electron chi connectivity index (χ0n) is 13.5. The molecule has 2 heterocycles. The summed E-state index contributed by atoms with van der Waals surface area (Å²) in [6, 6.07) is 9.74. The van der Waals surface area contributed by atoms with E-state index in [2.05, 4.69) is 26.6 Å². The van der Waals surface area contributed by atoms with Crippen molar-refractivity contribution in [3.8, 4) is 11.3 Å². The number of nitrogens with zero attached hydrogens (tertiary/aromatic N) is 2. The minimum absolute atomic E-state index is 0.238. The van der Waals surface area contributed by atoms with Gasteiger partial charge in [-0.2, -0.15) is 5.10 Å². The number of aromatic nitrogens is 3. The highest BCUT2D eigenvalue weighted by molar-refractivity contribution is 5.93. The van der Waals surface area contributed by atoms with E-state index < -0.39 is 0 Å². The van der Waals surface area contributed by atoms with Gasteiger partial charge in [-0.05, 0) is 60.2 Å². The van der Waals surface area contributed by atoms with Crippen LogP contribution < -0.4 is 5.32 Å². The minimum atomic E-state index is -0.306. The maximum absolute atomic E-state index is 13.0. The highest BCUT2D eigenvalue weighted by Gasteiger charge is 2.23. The summed E-state index contributed by atoms with van der Waals surface area (Å²) in [5, 5.41) is 9.71.